The van der Waals surface area contributed by atoms with Gasteiger partial charge in [-0.1, -0.05) is 54.1 Å². The quantitative estimate of drug-likeness (QED) is 0.274. The van der Waals surface area contributed by atoms with Crippen molar-refractivity contribution in [3.05, 3.63) is 117 Å². The predicted octanol–water partition coefficient (Wildman–Crippen LogP) is 5.98. The molecule has 0 radical (unpaired) electrons. The number of hydrogen-bond donors (Lipinski definition) is 0. The van der Waals surface area contributed by atoms with Gasteiger partial charge in [0.15, 0.2) is 17.2 Å². The van der Waals surface area contributed by atoms with Crippen molar-refractivity contribution in [1.82, 2.24) is 19.6 Å². The van der Waals surface area contributed by atoms with Crippen LogP contribution in [0.1, 0.15) is 22.6 Å². The van der Waals surface area contributed by atoms with Crippen LogP contribution in [0.2, 0.25) is 5.02 Å². The first-order valence-corrected chi connectivity index (χ1v) is 11.5. The Balaban J connectivity index is 1.57. The van der Waals surface area contributed by atoms with Gasteiger partial charge in [0.25, 0.3) is 0 Å². The molecule has 3 aromatic carbocycles. The van der Waals surface area contributed by atoms with Crippen molar-refractivity contribution in [2.75, 3.05) is 0 Å². The molecule has 1 aliphatic heterocycles. The Labute approximate surface area is 207 Å². The Kier molecular flexibility index (Phi) is 4.46. The van der Waals surface area contributed by atoms with Crippen LogP contribution in [0, 0.1) is 5.82 Å². The van der Waals surface area contributed by atoms with Crippen molar-refractivity contribution in [3.8, 4) is 23.0 Å². The van der Waals surface area contributed by atoms with E-state index in [0.29, 0.717) is 38.6 Å². The van der Waals surface area contributed by atoms with Crippen molar-refractivity contribution in [1.29, 1.82) is 0 Å². The molecule has 1 aliphatic rings. The van der Waals surface area contributed by atoms with Crippen molar-refractivity contribution >= 4 is 28.2 Å². The first-order chi connectivity index (χ1) is 17.6. The number of ether oxygens (including phenoxy) is 1. The summed E-state index contributed by atoms with van der Waals surface area (Å²) in [4.78, 5) is 22.5. The first-order valence-electron chi connectivity index (χ1n) is 11.1. The Bertz CT molecular complexity index is 1900. The Morgan fingerprint density at radius 1 is 0.944 bits per heavy atom. The highest BCUT2D eigenvalue weighted by Gasteiger charge is 2.38. The lowest BCUT2D eigenvalue weighted by atomic mass is 9.84. The van der Waals surface area contributed by atoms with Gasteiger partial charge < -0.3 is 9.15 Å². The summed E-state index contributed by atoms with van der Waals surface area (Å²) in [5, 5.41) is 5.60. The average molecular weight is 497 g/mol. The normalized spacial score (nSPS) is 14.4. The van der Waals surface area contributed by atoms with Crippen LogP contribution in [0.3, 0.4) is 0 Å². The van der Waals surface area contributed by atoms with Gasteiger partial charge in [-0.2, -0.15) is 0 Å². The number of halogens is 2. The second-order valence-corrected chi connectivity index (χ2v) is 8.74. The predicted molar refractivity (Wildman–Crippen MR) is 131 cm³/mol. The zero-order chi connectivity index (χ0) is 24.4. The van der Waals surface area contributed by atoms with Crippen molar-refractivity contribution in [2.45, 2.75) is 5.92 Å². The number of nitrogens with zero attached hydrogens (tertiary/aromatic N) is 4. The lowest BCUT2D eigenvalue weighted by Gasteiger charge is -2.27. The third-order valence-corrected chi connectivity index (χ3v) is 6.62. The maximum absolute atomic E-state index is 15.3. The molecule has 1 atom stereocenters. The van der Waals surface area contributed by atoms with Crippen molar-refractivity contribution < 1.29 is 13.5 Å². The molecule has 0 bridgehead atoms. The summed E-state index contributed by atoms with van der Waals surface area (Å²) >= 11 is 6.39. The Morgan fingerprint density at radius 3 is 2.58 bits per heavy atom. The lowest BCUT2D eigenvalue weighted by Crippen LogP contribution is -2.23. The van der Waals surface area contributed by atoms with Crippen LogP contribution in [0.4, 0.5) is 4.39 Å². The number of benzene rings is 3. The summed E-state index contributed by atoms with van der Waals surface area (Å²) in [6, 6.07) is 20.5. The van der Waals surface area contributed by atoms with E-state index in [-0.39, 0.29) is 22.8 Å². The third-order valence-electron chi connectivity index (χ3n) is 6.29. The zero-order valence-corrected chi connectivity index (χ0v) is 19.1. The van der Waals surface area contributed by atoms with Gasteiger partial charge in [0, 0.05) is 11.1 Å². The molecule has 36 heavy (non-hydrogen) atoms. The van der Waals surface area contributed by atoms with Crippen LogP contribution in [0.15, 0.2) is 88.3 Å². The van der Waals surface area contributed by atoms with Gasteiger partial charge in [0.05, 0.1) is 27.5 Å². The molecule has 0 spiro atoms. The van der Waals surface area contributed by atoms with Crippen LogP contribution in [-0.4, -0.2) is 19.6 Å². The molecule has 0 fully saturated rings. The number of fused-ring (bicyclic) bond motifs is 6. The number of rotatable bonds is 2. The molecule has 3 aromatic heterocycles. The van der Waals surface area contributed by atoms with Gasteiger partial charge >= 0.3 is 5.63 Å². The molecule has 0 saturated heterocycles. The molecule has 0 aliphatic carbocycles. The van der Waals surface area contributed by atoms with Crippen molar-refractivity contribution in [2.24, 2.45) is 0 Å². The maximum Gasteiger partial charge on any atom is 0.344 e. The Hall–Kier alpha value is -4.56. The summed E-state index contributed by atoms with van der Waals surface area (Å²) in [6.07, 6.45) is 1.47. The van der Waals surface area contributed by atoms with Gasteiger partial charge in [-0.15, -0.1) is 5.10 Å². The van der Waals surface area contributed by atoms with Gasteiger partial charge in [0.2, 0.25) is 5.88 Å². The lowest BCUT2D eigenvalue weighted by molar-refractivity contribution is 0.420. The van der Waals surface area contributed by atoms with Crippen LogP contribution in [0.5, 0.6) is 11.6 Å². The first kappa shape index (κ1) is 20.8. The minimum Gasteiger partial charge on any atom is -0.437 e. The van der Waals surface area contributed by atoms with E-state index in [1.54, 1.807) is 48.5 Å². The molecule has 1 unspecified atom stereocenters. The summed E-state index contributed by atoms with van der Waals surface area (Å²) in [5.74, 6) is -0.533. The van der Waals surface area contributed by atoms with Gasteiger partial charge in [-0.3, -0.25) is 0 Å². The number of para-hydroxylation sites is 1. The maximum atomic E-state index is 15.3. The van der Waals surface area contributed by atoms with Gasteiger partial charge in [-0.25, -0.2) is 23.7 Å². The minimum atomic E-state index is -0.898. The van der Waals surface area contributed by atoms with Crippen molar-refractivity contribution in [3.63, 3.8) is 0 Å². The monoisotopic (exact) mass is 496 g/mol. The van der Waals surface area contributed by atoms with E-state index in [1.807, 2.05) is 18.2 Å². The fraction of sp³-hybridized carbons (Fsp3) is 0.0370. The van der Waals surface area contributed by atoms with E-state index in [0.717, 1.165) is 0 Å². The Morgan fingerprint density at radius 2 is 1.72 bits per heavy atom. The highest BCUT2D eigenvalue weighted by molar-refractivity contribution is 6.33. The fourth-order valence-corrected chi connectivity index (χ4v) is 4.93. The molecule has 0 saturated carbocycles. The zero-order valence-electron chi connectivity index (χ0n) is 18.4. The van der Waals surface area contributed by atoms with Crippen LogP contribution in [-0.2, 0) is 0 Å². The molecule has 6 aromatic rings. The molecule has 4 heterocycles. The van der Waals surface area contributed by atoms with E-state index in [9.17, 15) is 4.79 Å². The highest BCUT2D eigenvalue weighted by atomic mass is 35.5. The molecule has 0 amide bonds. The SMILES string of the molecule is O=c1oc2ccccc2c2c1C(c1ccccc1F)c1c(ncn3nc(-c4ccccc4Cl)nc13)O2. The van der Waals surface area contributed by atoms with E-state index < -0.39 is 17.4 Å². The van der Waals surface area contributed by atoms with Gasteiger partial charge in [0.1, 0.15) is 17.7 Å². The van der Waals surface area contributed by atoms with E-state index >= 15 is 4.39 Å². The van der Waals surface area contributed by atoms with Crippen LogP contribution < -0.4 is 10.4 Å². The molecule has 0 N–H and O–H groups in total. The molecule has 7 nitrogen and oxygen atoms in total. The van der Waals surface area contributed by atoms with Gasteiger partial charge in [-0.05, 0) is 30.3 Å². The largest absolute Gasteiger partial charge is 0.437 e. The summed E-state index contributed by atoms with van der Waals surface area (Å²) in [7, 11) is 0. The number of aromatic nitrogens is 4. The molecule has 174 valence electrons. The van der Waals surface area contributed by atoms with E-state index in [2.05, 4.69) is 10.1 Å². The molecule has 9 heteroatoms. The second kappa shape index (κ2) is 7.73. The van der Waals surface area contributed by atoms with Crippen LogP contribution in [0.25, 0.3) is 28.0 Å². The smallest absolute Gasteiger partial charge is 0.344 e. The fourth-order valence-electron chi connectivity index (χ4n) is 4.71. The molecular weight excluding hydrogens is 483 g/mol. The average Bonchev–Trinajstić information content (AvgIpc) is 3.33. The summed E-state index contributed by atoms with van der Waals surface area (Å²) < 4.78 is 28.6. The minimum absolute atomic E-state index is 0.170. The van der Waals surface area contributed by atoms with Crippen LogP contribution >= 0.6 is 11.6 Å². The van der Waals surface area contributed by atoms with E-state index in [1.165, 1.54) is 16.9 Å². The topological polar surface area (TPSA) is 82.5 Å². The summed E-state index contributed by atoms with van der Waals surface area (Å²) in [5.41, 5.74) is 1.56. The highest BCUT2D eigenvalue weighted by Crippen LogP contribution is 2.49. The number of hydrogen-bond acceptors (Lipinski definition) is 6. The standard InChI is InChI=1S/C27H14ClFN4O3/c28-17-10-4-1-7-14(17)24-31-25-22-20(15-8-2-5-11-18(15)29)21-23(36-26(22)30-13-33(25)32-24)16-9-3-6-12-19(16)35-27(21)34/h1-13,20H. The molecular formula is C27H14ClFN4O3. The second-order valence-electron chi connectivity index (χ2n) is 8.33. The van der Waals surface area contributed by atoms with E-state index in [4.69, 9.17) is 25.7 Å². The summed E-state index contributed by atoms with van der Waals surface area (Å²) in [6.45, 7) is 0. The third kappa shape index (κ3) is 2.98. The molecule has 7 rings (SSSR count).